The number of benzene rings is 1. The summed E-state index contributed by atoms with van der Waals surface area (Å²) in [4.78, 5) is 37.4. The maximum Gasteiger partial charge on any atom is 0.268 e. The number of furan rings is 1. The van der Waals surface area contributed by atoms with E-state index >= 15 is 0 Å². The van der Waals surface area contributed by atoms with Crippen molar-refractivity contribution in [2.75, 3.05) is 11.4 Å². The number of carbonyl (C=O) groups excluding carboxylic acids is 3. The van der Waals surface area contributed by atoms with Crippen molar-refractivity contribution in [3.63, 3.8) is 0 Å². The highest BCUT2D eigenvalue weighted by molar-refractivity contribution is 6.09. The van der Waals surface area contributed by atoms with Gasteiger partial charge in [0.05, 0.1) is 12.0 Å². The van der Waals surface area contributed by atoms with Gasteiger partial charge in [-0.05, 0) is 36.8 Å². The van der Waals surface area contributed by atoms with Gasteiger partial charge < -0.3 is 14.9 Å². The first kappa shape index (κ1) is 15.8. The van der Waals surface area contributed by atoms with Crippen molar-refractivity contribution in [3.8, 4) is 5.75 Å². The van der Waals surface area contributed by atoms with E-state index in [1.165, 1.54) is 17.2 Å². The number of hydrogen-bond acceptors (Lipinski definition) is 5. The predicted molar refractivity (Wildman–Crippen MR) is 84.8 cm³/mol. The highest BCUT2D eigenvalue weighted by Gasteiger charge is 2.34. The second-order valence-corrected chi connectivity index (χ2v) is 5.39. The van der Waals surface area contributed by atoms with Crippen LogP contribution >= 0.6 is 0 Å². The molecule has 0 aliphatic carbocycles. The summed E-state index contributed by atoms with van der Waals surface area (Å²) in [6.45, 7) is 1.54. The maximum atomic E-state index is 12.5. The molecule has 1 aliphatic heterocycles. The molecule has 24 heavy (non-hydrogen) atoms. The molecule has 1 atom stereocenters. The van der Waals surface area contributed by atoms with E-state index in [-0.39, 0.29) is 24.0 Å². The lowest BCUT2D eigenvalue weighted by Crippen LogP contribution is -2.48. The topological polar surface area (TPSA) is 103 Å². The van der Waals surface area contributed by atoms with Crippen LogP contribution in [0.3, 0.4) is 0 Å². The Labute approximate surface area is 138 Å². The largest absolute Gasteiger partial charge is 0.478 e. The Kier molecular flexibility index (Phi) is 4.07. The van der Waals surface area contributed by atoms with Crippen molar-refractivity contribution in [3.05, 3.63) is 47.9 Å². The van der Waals surface area contributed by atoms with Gasteiger partial charge in [0.2, 0.25) is 11.7 Å². The molecule has 0 saturated carbocycles. The molecule has 0 saturated heterocycles. The third kappa shape index (κ3) is 2.76. The van der Waals surface area contributed by atoms with Crippen LogP contribution < -0.4 is 15.4 Å². The Balaban J connectivity index is 2.03. The van der Waals surface area contributed by atoms with Crippen LogP contribution in [0.15, 0.2) is 41.0 Å². The molecule has 1 aromatic carbocycles. The van der Waals surface area contributed by atoms with E-state index < -0.39 is 12.0 Å². The Morgan fingerprint density at radius 2 is 2.08 bits per heavy atom. The summed E-state index contributed by atoms with van der Waals surface area (Å²) in [6, 6.07) is 7.87. The molecular formula is C17H16N2O5. The van der Waals surface area contributed by atoms with Gasteiger partial charge in [-0.25, -0.2) is 0 Å². The zero-order chi connectivity index (χ0) is 17.3. The van der Waals surface area contributed by atoms with Crippen LogP contribution in [0.1, 0.15) is 29.5 Å². The van der Waals surface area contributed by atoms with Crippen molar-refractivity contribution < 1.29 is 23.5 Å². The van der Waals surface area contributed by atoms with Crippen molar-refractivity contribution in [2.45, 2.75) is 19.4 Å². The summed E-state index contributed by atoms with van der Waals surface area (Å²) in [5.74, 6) is -0.711. The molecule has 3 rings (SSSR count). The molecule has 2 amide bonds. The number of amides is 2. The Morgan fingerprint density at radius 3 is 2.71 bits per heavy atom. The monoisotopic (exact) mass is 328 g/mol. The molecule has 0 bridgehead atoms. The molecule has 7 heteroatoms. The third-order valence-corrected chi connectivity index (χ3v) is 3.75. The maximum absolute atomic E-state index is 12.5. The number of ketones is 1. The third-order valence-electron chi connectivity index (χ3n) is 3.75. The summed E-state index contributed by atoms with van der Waals surface area (Å²) in [6.07, 6.45) is 1.19. The number of carbonyl (C=O) groups is 3. The molecule has 124 valence electrons. The highest BCUT2D eigenvalue weighted by atomic mass is 16.5. The van der Waals surface area contributed by atoms with Gasteiger partial charge >= 0.3 is 0 Å². The first-order valence-electron chi connectivity index (χ1n) is 7.50. The van der Waals surface area contributed by atoms with Gasteiger partial charge in [0.1, 0.15) is 12.3 Å². The first-order valence-corrected chi connectivity index (χ1v) is 7.50. The highest BCUT2D eigenvalue weighted by Crippen LogP contribution is 2.36. The minimum atomic E-state index is -0.677. The van der Waals surface area contributed by atoms with Crippen LogP contribution in [-0.2, 0) is 9.59 Å². The van der Waals surface area contributed by atoms with Gasteiger partial charge in [0.25, 0.3) is 5.91 Å². The van der Waals surface area contributed by atoms with Gasteiger partial charge in [0, 0.05) is 5.56 Å². The number of ether oxygens (including phenoxy) is 1. The fourth-order valence-electron chi connectivity index (χ4n) is 2.59. The molecular weight excluding hydrogens is 312 g/mol. The molecule has 0 spiro atoms. The Bertz CT molecular complexity index is 797. The van der Waals surface area contributed by atoms with Gasteiger partial charge in [-0.3, -0.25) is 19.3 Å². The summed E-state index contributed by atoms with van der Waals surface area (Å²) in [5.41, 5.74) is 5.92. The lowest BCUT2D eigenvalue weighted by molar-refractivity contribution is -0.128. The van der Waals surface area contributed by atoms with E-state index in [1.54, 1.807) is 24.3 Å². The smallest absolute Gasteiger partial charge is 0.268 e. The van der Waals surface area contributed by atoms with Gasteiger partial charge in [-0.1, -0.05) is 6.92 Å². The normalized spacial score (nSPS) is 16.5. The van der Waals surface area contributed by atoms with Gasteiger partial charge in [-0.15, -0.1) is 0 Å². The van der Waals surface area contributed by atoms with Crippen LogP contribution in [0, 0.1) is 0 Å². The second kappa shape index (κ2) is 6.19. The molecule has 1 aliphatic rings. The Hall–Kier alpha value is -3.09. The molecule has 0 unspecified atom stereocenters. The number of primary amides is 1. The summed E-state index contributed by atoms with van der Waals surface area (Å²) >= 11 is 0. The quantitative estimate of drug-likeness (QED) is 0.838. The van der Waals surface area contributed by atoms with E-state index in [1.807, 2.05) is 6.92 Å². The molecule has 2 aromatic rings. The summed E-state index contributed by atoms with van der Waals surface area (Å²) in [5, 5.41) is 0. The van der Waals surface area contributed by atoms with Crippen molar-refractivity contribution in [1.82, 2.24) is 0 Å². The van der Waals surface area contributed by atoms with Crippen LogP contribution in [-0.4, -0.2) is 30.2 Å². The number of anilines is 1. The minimum absolute atomic E-state index is 0.186. The molecule has 2 heterocycles. The lowest BCUT2D eigenvalue weighted by Gasteiger charge is -2.33. The summed E-state index contributed by atoms with van der Waals surface area (Å²) in [7, 11) is 0. The van der Waals surface area contributed by atoms with E-state index in [4.69, 9.17) is 14.9 Å². The van der Waals surface area contributed by atoms with Crippen LogP contribution in [0.25, 0.3) is 0 Å². The van der Waals surface area contributed by atoms with Crippen LogP contribution in [0.5, 0.6) is 5.75 Å². The SMILES string of the molecule is CC[C@@H]1Oc2ccc(C(=O)c3ccco3)cc2N(CC(N)=O)C1=O. The molecule has 1 aromatic heterocycles. The van der Waals surface area contributed by atoms with Crippen LogP contribution in [0.4, 0.5) is 5.69 Å². The number of rotatable bonds is 5. The average molecular weight is 328 g/mol. The van der Waals surface area contributed by atoms with E-state index in [0.717, 1.165) is 0 Å². The number of hydrogen-bond donors (Lipinski definition) is 1. The zero-order valence-electron chi connectivity index (χ0n) is 13.0. The molecule has 2 N–H and O–H groups in total. The standard InChI is InChI=1S/C17H16N2O5/c1-2-12-17(22)19(9-15(18)20)11-8-10(5-6-13(11)24-12)16(21)14-4-3-7-23-14/h3-8,12H,2,9H2,1H3,(H2,18,20)/t12-/m0/s1. The van der Waals surface area contributed by atoms with Gasteiger partial charge in [-0.2, -0.15) is 0 Å². The van der Waals surface area contributed by atoms with E-state index in [2.05, 4.69) is 0 Å². The lowest BCUT2D eigenvalue weighted by atomic mass is 10.0. The fraction of sp³-hybridized carbons (Fsp3) is 0.235. The Morgan fingerprint density at radius 1 is 1.29 bits per heavy atom. The average Bonchev–Trinajstić information content (AvgIpc) is 3.10. The van der Waals surface area contributed by atoms with E-state index in [9.17, 15) is 14.4 Å². The van der Waals surface area contributed by atoms with Gasteiger partial charge in [0.15, 0.2) is 11.9 Å². The van der Waals surface area contributed by atoms with Crippen LogP contribution in [0.2, 0.25) is 0 Å². The predicted octanol–water partition coefficient (Wildman–Crippen LogP) is 1.50. The second-order valence-electron chi connectivity index (χ2n) is 5.39. The number of nitrogens with zero attached hydrogens (tertiary/aromatic N) is 1. The number of fused-ring (bicyclic) bond motifs is 1. The zero-order valence-corrected chi connectivity index (χ0v) is 13.0. The summed E-state index contributed by atoms with van der Waals surface area (Å²) < 4.78 is 10.8. The molecule has 0 fully saturated rings. The molecule has 7 nitrogen and oxygen atoms in total. The van der Waals surface area contributed by atoms with E-state index in [0.29, 0.717) is 23.4 Å². The molecule has 0 radical (unpaired) electrons. The minimum Gasteiger partial charge on any atom is -0.478 e. The number of nitrogens with two attached hydrogens (primary N) is 1. The fourth-order valence-corrected chi connectivity index (χ4v) is 2.59. The van der Waals surface area contributed by atoms with Crippen molar-refractivity contribution in [1.29, 1.82) is 0 Å². The first-order chi connectivity index (χ1) is 11.5. The van der Waals surface area contributed by atoms with Crippen molar-refractivity contribution in [2.24, 2.45) is 5.73 Å². The van der Waals surface area contributed by atoms with Crippen molar-refractivity contribution >= 4 is 23.3 Å².